The van der Waals surface area contributed by atoms with Gasteiger partial charge in [-0.2, -0.15) is 0 Å². The molecule has 0 bridgehead atoms. The third-order valence-electron chi connectivity index (χ3n) is 3.17. The third-order valence-corrected chi connectivity index (χ3v) is 3.17. The summed E-state index contributed by atoms with van der Waals surface area (Å²) in [7, 11) is 0. The van der Waals surface area contributed by atoms with Gasteiger partial charge in [0.15, 0.2) is 0 Å². The van der Waals surface area contributed by atoms with E-state index in [4.69, 9.17) is 0 Å². The highest BCUT2D eigenvalue weighted by Crippen LogP contribution is 2.18. The molecule has 2 rings (SSSR count). The van der Waals surface area contributed by atoms with Crippen LogP contribution in [0.15, 0.2) is 42.5 Å². The number of hydrogen-bond donors (Lipinski definition) is 1. The monoisotopic (exact) mass is 239 g/mol. The van der Waals surface area contributed by atoms with Crippen LogP contribution in [0.25, 0.3) is 0 Å². The van der Waals surface area contributed by atoms with Gasteiger partial charge in [0.2, 0.25) is 0 Å². The predicted molar refractivity (Wildman–Crippen MR) is 75.0 cm³/mol. The Labute approximate surface area is 108 Å². The number of anilines is 1. The van der Waals surface area contributed by atoms with E-state index in [1.165, 1.54) is 5.56 Å². The minimum absolute atomic E-state index is 0.0660. The average Bonchev–Trinajstić information content (AvgIpc) is 2.36. The van der Waals surface area contributed by atoms with E-state index in [0.717, 1.165) is 16.8 Å². The Morgan fingerprint density at radius 2 is 1.61 bits per heavy atom. The first-order valence-corrected chi connectivity index (χ1v) is 6.02. The van der Waals surface area contributed by atoms with Gasteiger partial charge in [0.05, 0.1) is 0 Å². The van der Waals surface area contributed by atoms with E-state index < -0.39 is 0 Å². The summed E-state index contributed by atoms with van der Waals surface area (Å²) in [6, 6.07) is 13.5. The van der Waals surface area contributed by atoms with Gasteiger partial charge in [-0.15, -0.1) is 0 Å². The summed E-state index contributed by atoms with van der Waals surface area (Å²) in [5.74, 6) is -0.0660. The first-order valence-electron chi connectivity index (χ1n) is 6.02. The normalized spacial score (nSPS) is 10.2. The van der Waals surface area contributed by atoms with Gasteiger partial charge in [0, 0.05) is 11.3 Å². The number of carbonyl (C=O) groups is 1. The van der Waals surface area contributed by atoms with Gasteiger partial charge in [-0.25, -0.2) is 0 Å². The van der Waals surface area contributed by atoms with Crippen molar-refractivity contribution in [3.63, 3.8) is 0 Å². The van der Waals surface area contributed by atoms with Crippen LogP contribution >= 0.6 is 0 Å². The van der Waals surface area contributed by atoms with Gasteiger partial charge in [0.25, 0.3) is 5.91 Å². The number of amides is 1. The van der Waals surface area contributed by atoms with Crippen LogP contribution in [-0.2, 0) is 0 Å². The van der Waals surface area contributed by atoms with Gasteiger partial charge in [-0.3, -0.25) is 4.79 Å². The molecular formula is C16H17NO. The molecule has 2 nitrogen and oxygen atoms in total. The number of rotatable bonds is 2. The van der Waals surface area contributed by atoms with Crippen molar-refractivity contribution in [2.24, 2.45) is 0 Å². The van der Waals surface area contributed by atoms with Crippen molar-refractivity contribution in [1.29, 1.82) is 0 Å². The van der Waals surface area contributed by atoms with Gasteiger partial charge in [-0.05, 0) is 50.1 Å². The molecule has 0 saturated carbocycles. The fourth-order valence-corrected chi connectivity index (χ4v) is 1.79. The number of carbonyl (C=O) groups excluding carboxylic acids is 1. The van der Waals surface area contributed by atoms with Crippen molar-refractivity contribution >= 4 is 11.6 Å². The van der Waals surface area contributed by atoms with Crippen LogP contribution in [0.3, 0.4) is 0 Å². The Balaban J connectivity index is 2.21. The molecule has 2 aromatic rings. The highest BCUT2D eigenvalue weighted by molar-refractivity contribution is 6.04. The van der Waals surface area contributed by atoms with Crippen LogP contribution in [-0.4, -0.2) is 5.91 Å². The second-order valence-corrected chi connectivity index (χ2v) is 4.57. The second-order valence-electron chi connectivity index (χ2n) is 4.57. The van der Waals surface area contributed by atoms with E-state index in [9.17, 15) is 4.79 Å². The van der Waals surface area contributed by atoms with Crippen molar-refractivity contribution in [2.75, 3.05) is 5.32 Å². The molecule has 1 amide bonds. The smallest absolute Gasteiger partial charge is 0.255 e. The fraction of sp³-hybridized carbons (Fsp3) is 0.188. The van der Waals surface area contributed by atoms with Crippen LogP contribution < -0.4 is 5.32 Å². The topological polar surface area (TPSA) is 29.1 Å². The summed E-state index contributed by atoms with van der Waals surface area (Å²) >= 11 is 0. The molecule has 18 heavy (non-hydrogen) atoms. The number of hydrogen-bond acceptors (Lipinski definition) is 1. The quantitative estimate of drug-likeness (QED) is 0.847. The predicted octanol–water partition coefficient (Wildman–Crippen LogP) is 3.86. The molecule has 0 aromatic heterocycles. The standard InChI is InChI=1S/C16H17NO/c1-11-7-9-14(10-8-11)16(18)17-15-6-4-5-12(2)13(15)3/h4-10H,1-3H3,(H,17,18). The van der Waals surface area contributed by atoms with Crippen molar-refractivity contribution in [3.05, 3.63) is 64.7 Å². The molecule has 1 N–H and O–H groups in total. The molecule has 0 saturated heterocycles. The molecule has 2 heteroatoms. The maximum atomic E-state index is 12.1. The lowest BCUT2D eigenvalue weighted by Gasteiger charge is -2.10. The highest BCUT2D eigenvalue weighted by atomic mass is 16.1. The van der Waals surface area contributed by atoms with E-state index in [1.807, 2.05) is 63.2 Å². The zero-order valence-electron chi connectivity index (χ0n) is 10.9. The lowest BCUT2D eigenvalue weighted by Crippen LogP contribution is -2.12. The Morgan fingerprint density at radius 3 is 2.28 bits per heavy atom. The maximum absolute atomic E-state index is 12.1. The van der Waals surface area contributed by atoms with E-state index >= 15 is 0 Å². The summed E-state index contributed by atoms with van der Waals surface area (Å²) in [4.78, 5) is 12.1. The lowest BCUT2D eigenvalue weighted by atomic mass is 10.1. The highest BCUT2D eigenvalue weighted by Gasteiger charge is 2.07. The van der Waals surface area contributed by atoms with Crippen molar-refractivity contribution < 1.29 is 4.79 Å². The van der Waals surface area contributed by atoms with Gasteiger partial charge >= 0.3 is 0 Å². The average molecular weight is 239 g/mol. The Bertz CT molecular complexity index is 570. The van der Waals surface area contributed by atoms with Gasteiger partial charge in [-0.1, -0.05) is 29.8 Å². The number of benzene rings is 2. The zero-order valence-corrected chi connectivity index (χ0v) is 10.9. The number of aryl methyl sites for hydroxylation is 2. The first-order chi connectivity index (χ1) is 8.58. The molecule has 0 aliphatic rings. The van der Waals surface area contributed by atoms with Crippen molar-refractivity contribution in [2.45, 2.75) is 20.8 Å². The second kappa shape index (κ2) is 5.05. The maximum Gasteiger partial charge on any atom is 0.255 e. The Morgan fingerprint density at radius 1 is 0.944 bits per heavy atom. The molecule has 92 valence electrons. The Kier molecular flexibility index (Phi) is 3.47. The summed E-state index contributed by atoms with van der Waals surface area (Å²) < 4.78 is 0. The molecular weight excluding hydrogens is 222 g/mol. The van der Waals surface area contributed by atoms with E-state index in [0.29, 0.717) is 5.56 Å². The van der Waals surface area contributed by atoms with Crippen LogP contribution in [0.2, 0.25) is 0 Å². The molecule has 0 unspecified atom stereocenters. The largest absolute Gasteiger partial charge is 0.322 e. The first kappa shape index (κ1) is 12.4. The lowest BCUT2D eigenvalue weighted by molar-refractivity contribution is 0.102. The fourth-order valence-electron chi connectivity index (χ4n) is 1.79. The molecule has 0 fully saturated rings. The summed E-state index contributed by atoms with van der Waals surface area (Å²) in [5, 5.41) is 2.95. The van der Waals surface area contributed by atoms with Crippen molar-refractivity contribution in [3.8, 4) is 0 Å². The molecule has 0 aliphatic heterocycles. The van der Waals surface area contributed by atoms with Crippen LogP contribution in [0.1, 0.15) is 27.0 Å². The van der Waals surface area contributed by atoms with E-state index in [1.54, 1.807) is 0 Å². The molecule has 0 radical (unpaired) electrons. The Hall–Kier alpha value is -2.09. The van der Waals surface area contributed by atoms with E-state index in [-0.39, 0.29) is 5.91 Å². The van der Waals surface area contributed by atoms with Gasteiger partial charge in [0.1, 0.15) is 0 Å². The minimum atomic E-state index is -0.0660. The molecule has 0 atom stereocenters. The SMILES string of the molecule is Cc1ccc(C(=O)Nc2cccc(C)c2C)cc1. The molecule has 0 heterocycles. The van der Waals surface area contributed by atoms with Gasteiger partial charge < -0.3 is 5.32 Å². The summed E-state index contributed by atoms with van der Waals surface area (Å²) in [6.07, 6.45) is 0. The molecule has 0 aliphatic carbocycles. The number of nitrogens with one attached hydrogen (secondary N) is 1. The van der Waals surface area contributed by atoms with Crippen LogP contribution in [0, 0.1) is 20.8 Å². The third kappa shape index (κ3) is 2.59. The zero-order chi connectivity index (χ0) is 13.1. The van der Waals surface area contributed by atoms with Crippen molar-refractivity contribution in [1.82, 2.24) is 0 Å². The van der Waals surface area contributed by atoms with Crippen LogP contribution in [0.4, 0.5) is 5.69 Å². The molecule has 2 aromatic carbocycles. The van der Waals surface area contributed by atoms with Crippen LogP contribution in [0.5, 0.6) is 0 Å². The summed E-state index contributed by atoms with van der Waals surface area (Å²) in [6.45, 7) is 6.06. The minimum Gasteiger partial charge on any atom is -0.322 e. The summed E-state index contributed by atoms with van der Waals surface area (Å²) in [5.41, 5.74) is 5.00. The molecule has 0 spiro atoms. The van der Waals surface area contributed by atoms with E-state index in [2.05, 4.69) is 5.32 Å².